The number of para-hydroxylation sites is 1. The number of carbonyl (C=O) groups is 1. The van der Waals surface area contributed by atoms with Gasteiger partial charge in [-0.05, 0) is 42.2 Å². The topological polar surface area (TPSA) is 73.8 Å². The van der Waals surface area contributed by atoms with E-state index in [2.05, 4.69) is 4.98 Å². The number of Topliss-reactive ketones (excluding diaryl/α,β-unsaturated/α-hetero) is 1. The van der Waals surface area contributed by atoms with Crippen molar-refractivity contribution in [2.24, 2.45) is 0 Å². The molecule has 1 aliphatic carbocycles. The van der Waals surface area contributed by atoms with Gasteiger partial charge in [-0.3, -0.25) is 9.36 Å². The number of halogens is 2. The Hall–Kier alpha value is -3.61. The summed E-state index contributed by atoms with van der Waals surface area (Å²) in [6.07, 6.45) is 2.11. The van der Waals surface area contributed by atoms with Crippen molar-refractivity contribution in [1.29, 1.82) is 0 Å². The normalized spacial score (nSPS) is 16.2. The number of nitrogens with two attached hydrogens (primary N) is 1. The van der Waals surface area contributed by atoms with Gasteiger partial charge in [-0.15, -0.1) is 0 Å². The molecule has 2 aromatic heterocycles. The molecule has 29 heavy (non-hydrogen) atoms. The Morgan fingerprint density at radius 2 is 1.76 bits per heavy atom. The van der Waals surface area contributed by atoms with Crippen molar-refractivity contribution in [3.05, 3.63) is 83.3 Å². The Bertz CT molecular complexity index is 1250. The van der Waals surface area contributed by atoms with Crippen LogP contribution in [0.15, 0.2) is 54.9 Å². The smallest absolute Gasteiger partial charge is 0.167 e. The second-order valence-corrected chi connectivity index (χ2v) is 7.20. The fourth-order valence-corrected chi connectivity index (χ4v) is 4.01. The number of pyridine rings is 1. The molecule has 0 saturated heterocycles. The highest BCUT2D eigenvalue weighted by Crippen LogP contribution is 2.37. The maximum absolute atomic E-state index is 13.7. The number of imidazole rings is 1. The molecule has 0 radical (unpaired) electrons. The van der Waals surface area contributed by atoms with Crippen LogP contribution in [0, 0.1) is 11.6 Å². The molecule has 0 bridgehead atoms. The Labute approximate surface area is 164 Å². The number of benzene rings is 2. The summed E-state index contributed by atoms with van der Waals surface area (Å²) in [6.45, 7) is 0. The maximum atomic E-state index is 13.7. The van der Waals surface area contributed by atoms with Gasteiger partial charge in [0, 0.05) is 18.2 Å². The molecule has 0 aliphatic heterocycles. The molecule has 4 aromatic rings. The number of aromatic nitrogens is 3. The number of rotatable bonds is 2. The summed E-state index contributed by atoms with van der Waals surface area (Å²) >= 11 is 0. The molecule has 1 aliphatic rings. The minimum absolute atomic E-state index is 0.118. The zero-order valence-corrected chi connectivity index (χ0v) is 15.3. The van der Waals surface area contributed by atoms with Crippen LogP contribution in [0.1, 0.15) is 34.0 Å². The van der Waals surface area contributed by atoms with Gasteiger partial charge in [0.25, 0.3) is 0 Å². The zero-order chi connectivity index (χ0) is 20.1. The van der Waals surface area contributed by atoms with E-state index in [1.54, 1.807) is 6.33 Å². The van der Waals surface area contributed by atoms with Gasteiger partial charge in [0.1, 0.15) is 23.5 Å². The van der Waals surface area contributed by atoms with Crippen LogP contribution >= 0.6 is 0 Å². The average molecular weight is 390 g/mol. The number of nitrogens with zero attached hydrogens (tertiary/aromatic N) is 3. The van der Waals surface area contributed by atoms with Crippen LogP contribution in [0.4, 0.5) is 14.5 Å². The van der Waals surface area contributed by atoms with Crippen LogP contribution in [0.3, 0.4) is 0 Å². The molecule has 2 N–H and O–H groups in total. The van der Waals surface area contributed by atoms with Crippen molar-refractivity contribution in [1.82, 2.24) is 14.5 Å². The molecular weight excluding hydrogens is 374 g/mol. The summed E-state index contributed by atoms with van der Waals surface area (Å²) in [7, 11) is 0. The largest absolute Gasteiger partial charge is 0.396 e. The third-order valence-electron chi connectivity index (χ3n) is 5.34. The van der Waals surface area contributed by atoms with Crippen LogP contribution in [0.2, 0.25) is 0 Å². The fraction of sp³-hybridized carbons (Fsp3) is 0.136. The quantitative estimate of drug-likeness (QED) is 0.557. The van der Waals surface area contributed by atoms with Crippen molar-refractivity contribution in [2.45, 2.75) is 18.8 Å². The highest BCUT2D eigenvalue weighted by atomic mass is 19.1. The molecule has 5 nitrogen and oxygen atoms in total. The lowest BCUT2D eigenvalue weighted by atomic mass is 9.81. The Morgan fingerprint density at radius 3 is 2.48 bits per heavy atom. The number of fused-ring (bicyclic) bond motifs is 2. The minimum Gasteiger partial charge on any atom is -0.396 e. The molecule has 2 heterocycles. The second kappa shape index (κ2) is 6.48. The van der Waals surface area contributed by atoms with Crippen LogP contribution in [0.25, 0.3) is 16.9 Å². The van der Waals surface area contributed by atoms with Gasteiger partial charge in [-0.2, -0.15) is 0 Å². The van der Waals surface area contributed by atoms with E-state index in [4.69, 9.17) is 10.7 Å². The zero-order valence-electron chi connectivity index (χ0n) is 15.3. The Kier molecular flexibility index (Phi) is 3.91. The van der Waals surface area contributed by atoms with Crippen molar-refractivity contribution in [3.63, 3.8) is 0 Å². The molecule has 0 amide bonds. The van der Waals surface area contributed by atoms with Gasteiger partial charge in [0.15, 0.2) is 11.4 Å². The number of ketones is 1. The number of nitrogen functional groups attached to an aromatic ring is 1. The molecule has 0 fully saturated rings. The van der Waals surface area contributed by atoms with E-state index in [1.165, 1.54) is 12.1 Å². The highest BCUT2D eigenvalue weighted by molar-refractivity contribution is 6.08. The van der Waals surface area contributed by atoms with Crippen molar-refractivity contribution in [3.8, 4) is 5.69 Å². The number of hydrogen-bond donors (Lipinski definition) is 1. The third kappa shape index (κ3) is 2.86. The molecule has 2 aromatic carbocycles. The van der Waals surface area contributed by atoms with E-state index in [0.717, 1.165) is 11.8 Å². The molecule has 0 saturated carbocycles. The van der Waals surface area contributed by atoms with E-state index >= 15 is 0 Å². The number of hydrogen-bond acceptors (Lipinski definition) is 4. The van der Waals surface area contributed by atoms with Gasteiger partial charge in [0.2, 0.25) is 0 Å². The monoisotopic (exact) mass is 390 g/mol. The van der Waals surface area contributed by atoms with Crippen molar-refractivity contribution < 1.29 is 13.6 Å². The van der Waals surface area contributed by atoms with Crippen LogP contribution in [-0.2, 0) is 6.42 Å². The summed E-state index contributed by atoms with van der Waals surface area (Å²) < 4.78 is 29.2. The highest BCUT2D eigenvalue weighted by Gasteiger charge is 2.31. The van der Waals surface area contributed by atoms with E-state index in [0.29, 0.717) is 40.1 Å². The summed E-state index contributed by atoms with van der Waals surface area (Å²) in [6, 6.07) is 12.9. The summed E-state index contributed by atoms with van der Waals surface area (Å²) in [5.74, 6) is -1.88. The average Bonchev–Trinajstić information content (AvgIpc) is 3.12. The lowest BCUT2D eigenvalue weighted by Crippen LogP contribution is -2.22. The lowest BCUT2D eigenvalue weighted by molar-refractivity contribution is 0.0964. The SMILES string of the molecule is Nc1c2c(nc3c1ncn3-c1ccccc1)C[C@@H](c1cc(F)cc(F)c1)CC2=O. The summed E-state index contributed by atoms with van der Waals surface area (Å²) in [5.41, 5.74) is 9.82. The minimum atomic E-state index is -0.664. The van der Waals surface area contributed by atoms with Crippen LogP contribution in [-0.4, -0.2) is 20.3 Å². The maximum Gasteiger partial charge on any atom is 0.167 e. The molecule has 5 rings (SSSR count). The second-order valence-electron chi connectivity index (χ2n) is 7.20. The molecule has 0 unspecified atom stereocenters. The molecule has 1 atom stereocenters. The first kappa shape index (κ1) is 17.5. The number of anilines is 1. The van der Waals surface area contributed by atoms with Gasteiger partial charge < -0.3 is 5.73 Å². The van der Waals surface area contributed by atoms with E-state index in [1.807, 2.05) is 34.9 Å². The molecule has 0 spiro atoms. The first-order valence-corrected chi connectivity index (χ1v) is 9.21. The Morgan fingerprint density at radius 1 is 1.03 bits per heavy atom. The van der Waals surface area contributed by atoms with Gasteiger partial charge in [0.05, 0.1) is 16.9 Å². The molecule has 7 heteroatoms. The van der Waals surface area contributed by atoms with Gasteiger partial charge in [-0.1, -0.05) is 18.2 Å². The first-order chi connectivity index (χ1) is 14.0. The standard InChI is InChI=1S/C22H16F2N4O/c23-14-6-12(7-15(24)10-14)13-8-17-19(18(29)9-13)20(25)21-22(27-17)28(11-26-21)16-4-2-1-3-5-16/h1-7,10-11,13H,8-9H2,(H2,25,27)/t13-/m1/s1. The molecular formula is C22H16F2N4O. The van der Waals surface area contributed by atoms with E-state index in [-0.39, 0.29) is 18.1 Å². The van der Waals surface area contributed by atoms with Crippen LogP contribution < -0.4 is 5.73 Å². The summed E-state index contributed by atoms with van der Waals surface area (Å²) in [4.78, 5) is 21.9. The fourth-order valence-electron chi connectivity index (χ4n) is 4.01. The molecule has 144 valence electrons. The lowest BCUT2D eigenvalue weighted by Gasteiger charge is -2.24. The van der Waals surface area contributed by atoms with Crippen molar-refractivity contribution >= 4 is 22.6 Å². The summed E-state index contributed by atoms with van der Waals surface area (Å²) in [5, 5.41) is 0. The van der Waals surface area contributed by atoms with Crippen LogP contribution in [0.5, 0.6) is 0 Å². The van der Waals surface area contributed by atoms with Gasteiger partial charge >= 0.3 is 0 Å². The van der Waals surface area contributed by atoms with E-state index in [9.17, 15) is 13.6 Å². The van der Waals surface area contributed by atoms with Gasteiger partial charge in [-0.25, -0.2) is 18.7 Å². The predicted molar refractivity (Wildman–Crippen MR) is 105 cm³/mol. The van der Waals surface area contributed by atoms with Crippen molar-refractivity contribution in [2.75, 3.05) is 5.73 Å². The third-order valence-corrected chi connectivity index (χ3v) is 5.34. The number of carbonyl (C=O) groups excluding carboxylic acids is 1. The van der Waals surface area contributed by atoms with E-state index < -0.39 is 11.6 Å². The predicted octanol–water partition coefficient (Wildman–Crippen LogP) is 4.19. The first-order valence-electron chi connectivity index (χ1n) is 9.21. The Balaban J connectivity index is 1.65.